The van der Waals surface area contributed by atoms with Gasteiger partial charge in [-0.15, -0.1) is 0 Å². The van der Waals surface area contributed by atoms with Crippen LogP contribution >= 0.6 is 0 Å². The standard InChI is InChI=1S/C13H24F2Si/c1-7-16(8-2,9-3)11-10(12(4,5)6)13(11,14)15/h7-9H2,1-6H3. The van der Waals surface area contributed by atoms with Crippen LogP contribution in [0, 0.1) is 5.41 Å². The Morgan fingerprint density at radius 2 is 1.38 bits per heavy atom. The van der Waals surface area contributed by atoms with E-state index in [0.29, 0.717) is 10.8 Å². The van der Waals surface area contributed by atoms with Gasteiger partial charge in [-0.1, -0.05) is 59.7 Å². The van der Waals surface area contributed by atoms with Crippen LogP contribution in [0.1, 0.15) is 41.5 Å². The Morgan fingerprint density at radius 3 is 1.56 bits per heavy atom. The fourth-order valence-electron chi connectivity index (χ4n) is 2.96. The van der Waals surface area contributed by atoms with Crippen LogP contribution in [0.2, 0.25) is 18.1 Å². The number of hydrogen-bond acceptors (Lipinski definition) is 0. The molecule has 0 heterocycles. The molecular weight excluding hydrogens is 222 g/mol. The molecule has 0 aromatic heterocycles. The Morgan fingerprint density at radius 1 is 1.00 bits per heavy atom. The Kier molecular flexibility index (Phi) is 3.41. The van der Waals surface area contributed by atoms with E-state index in [4.69, 9.17) is 0 Å². The molecule has 0 saturated carbocycles. The summed E-state index contributed by atoms with van der Waals surface area (Å²) in [6, 6.07) is 2.85. The van der Waals surface area contributed by atoms with Crippen LogP contribution in [0.25, 0.3) is 0 Å². The first-order valence-electron chi connectivity index (χ1n) is 6.31. The first-order chi connectivity index (χ1) is 7.17. The predicted molar refractivity (Wildman–Crippen MR) is 68.6 cm³/mol. The third-order valence-electron chi connectivity index (χ3n) is 4.13. The van der Waals surface area contributed by atoms with Crippen molar-refractivity contribution in [2.45, 2.75) is 65.6 Å². The van der Waals surface area contributed by atoms with Crippen LogP contribution in [0.3, 0.4) is 0 Å². The second-order valence-electron chi connectivity index (χ2n) is 5.92. The number of rotatable bonds is 4. The lowest BCUT2D eigenvalue weighted by molar-refractivity contribution is 0.123. The van der Waals surface area contributed by atoms with Gasteiger partial charge in [-0.25, -0.2) is 0 Å². The van der Waals surface area contributed by atoms with Crippen molar-refractivity contribution in [1.82, 2.24) is 0 Å². The topological polar surface area (TPSA) is 0 Å². The van der Waals surface area contributed by atoms with Crippen LogP contribution < -0.4 is 0 Å². The lowest BCUT2D eigenvalue weighted by atomic mass is 9.92. The van der Waals surface area contributed by atoms with E-state index < -0.39 is 14.0 Å². The summed E-state index contributed by atoms with van der Waals surface area (Å²) in [7, 11) is -1.86. The Hall–Kier alpha value is -0.183. The van der Waals surface area contributed by atoms with Gasteiger partial charge in [-0.3, -0.25) is 0 Å². The van der Waals surface area contributed by atoms with Crippen LogP contribution in [0.4, 0.5) is 8.78 Å². The predicted octanol–water partition coefficient (Wildman–Crippen LogP) is 5.03. The van der Waals surface area contributed by atoms with Gasteiger partial charge in [0.15, 0.2) is 0 Å². The first kappa shape index (κ1) is 13.9. The molecule has 0 amide bonds. The van der Waals surface area contributed by atoms with E-state index in [-0.39, 0.29) is 5.41 Å². The van der Waals surface area contributed by atoms with E-state index >= 15 is 0 Å². The van der Waals surface area contributed by atoms with Crippen molar-refractivity contribution in [3.8, 4) is 0 Å². The molecule has 0 saturated heterocycles. The molecule has 0 atom stereocenters. The molecule has 0 spiro atoms. The van der Waals surface area contributed by atoms with Crippen molar-refractivity contribution in [3.05, 3.63) is 10.8 Å². The van der Waals surface area contributed by atoms with Gasteiger partial charge in [0.05, 0.1) is 8.07 Å². The quantitative estimate of drug-likeness (QED) is 0.611. The summed E-state index contributed by atoms with van der Waals surface area (Å²) in [4.78, 5) is 0. The molecule has 0 fully saturated rings. The Balaban J connectivity index is 3.18. The maximum Gasteiger partial charge on any atom is 0.288 e. The highest BCUT2D eigenvalue weighted by molar-refractivity contribution is 6.88. The largest absolute Gasteiger partial charge is 0.288 e. The maximum absolute atomic E-state index is 14.0. The molecule has 0 bridgehead atoms. The monoisotopic (exact) mass is 246 g/mol. The van der Waals surface area contributed by atoms with Crippen molar-refractivity contribution >= 4 is 8.07 Å². The third-order valence-corrected chi connectivity index (χ3v) is 9.81. The molecule has 1 aliphatic carbocycles. The minimum atomic E-state index is -2.55. The lowest BCUT2D eigenvalue weighted by Crippen LogP contribution is -2.34. The molecule has 0 N–H and O–H groups in total. The highest BCUT2D eigenvalue weighted by Gasteiger charge is 2.65. The summed E-state index contributed by atoms with van der Waals surface area (Å²) in [6.45, 7) is 12.0. The smallest absolute Gasteiger partial charge is 0.197 e. The average Bonchev–Trinajstić information content (AvgIpc) is 2.74. The highest BCUT2D eigenvalue weighted by Crippen LogP contribution is 2.62. The van der Waals surface area contributed by atoms with Crippen LogP contribution in [0.5, 0.6) is 0 Å². The van der Waals surface area contributed by atoms with Crippen LogP contribution in [-0.4, -0.2) is 14.0 Å². The molecule has 0 aromatic carbocycles. The molecule has 0 aliphatic heterocycles. The van der Waals surface area contributed by atoms with E-state index in [2.05, 4.69) is 20.8 Å². The van der Waals surface area contributed by atoms with Crippen molar-refractivity contribution in [2.24, 2.45) is 5.41 Å². The number of hydrogen-bond donors (Lipinski definition) is 0. The fraction of sp³-hybridized carbons (Fsp3) is 0.846. The molecular formula is C13H24F2Si. The molecule has 16 heavy (non-hydrogen) atoms. The molecule has 3 heteroatoms. The zero-order chi connectivity index (χ0) is 12.8. The zero-order valence-electron chi connectivity index (χ0n) is 11.4. The number of alkyl halides is 2. The first-order valence-corrected chi connectivity index (χ1v) is 8.93. The summed E-state index contributed by atoms with van der Waals surface area (Å²) in [5, 5.41) is 0.583. The molecule has 94 valence electrons. The van der Waals surface area contributed by atoms with Crippen LogP contribution in [-0.2, 0) is 0 Å². The minimum absolute atomic E-state index is 0.364. The van der Waals surface area contributed by atoms with Gasteiger partial charge in [0.1, 0.15) is 0 Å². The van der Waals surface area contributed by atoms with Gasteiger partial charge in [0.25, 0.3) is 5.92 Å². The summed E-state index contributed by atoms with van der Waals surface area (Å²) in [5.74, 6) is -2.55. The SMILES string of the molecule is CC[Si](CC)(CC)C1=C(C(C)(C)C)C1(F)F. The summed E-state index contributed by atoms with van der Waals surface area (Å²) in [6.07, 6.45) is 0. The summed E-state index contributed by atoms with van der Waals surface area (Å²) in [5.41, 5.74) is 0.0913. The Bertz CT molecular complexity index is 298. The molecule has 1 rings (SSSR count). The third kappa shape index (κ3) is 1.87. The van der Waals surface area contributed by atoms with Gasteiger partial charge >= 0.3 is 0 Å². The summed E-state index contributed by atoms with van der Waals surface area (Å²) >= 11 is 0. The highest BCUT2D eigenvalue weighted by atomic mass is 28.3. The molecule has 0 aromatic rings. The van der Waals surface area contributed by atoms with E-state index in [1.165, 1.54) is 0 Å². The summed E-state index contributed by atoms with van der Waals surface area (Å²) < 4.78 is 27.9. The van der Waals surface area contributed by atoms with Crippen molar-refractivity contribution in [2.75, 3.05) is 0 Å². The molecule has 0 radical (unpaired) electrons. The maximum atomic E-state index is 14.0. The van der Waals surface area contributed by atoms with E-state index in [1.54, 1.807) is 0 Å². The second kappa shape index (κ2) is 3.93. The Labute approximate surface area is 99.1 Å². The van der Waals surface area contributed by atoms with Crippen molar-refractivity contribution < 1.29 is 8.78 Å². The lowest BCUT2D eigenvalue weighted by Gasteiger charge is -2.25. The van der Waals surface area contributed by atoms with Crippen molar-refractivity contribution in [3.63, 3.8) is 0 Å². The van der Waals surface area contributed by atoms with Gasteiger partial charge < -0.3 is 0 Å². The normalized spacial score (nSPS) is 20.2. The zero-order valence-corrected chi connectivity index (χ0v) is 12.4. The average molecular weight is 246 g/mol. The minimum Gasteiger partial charge on any atom is -0.197 e. The number of allylic oxidation sites excluding steroid dienone is 2. The molecule has 1 aliphatic rings. The van der Waals surface area contributed by atoms with Crippen LogP contribution in [0.15, 0.2) is 10.8 Å². The van der Waals surface area contributed by atoms with Gasteiger partial charge in [0, 0.05) is 5.57 Å². The van der Waals surface area contributed by atoms with E-state index in [1.807, 2.05) is 20.8 Å². The second-order valence-corrected chi connectivity index (χ2v) is 11.1. The molecule has 0 unspecified atom stereocenters. The van der Waals surface area contributed by atoms with E-state index in [0.717, 1.165) is 18.1 Å². The van der Waals surface area contributed by atoms with Gasteiger partial charge in [0.2, 0.25) is 0 Å². The van der Waals surface area contributed by atoms with E-state index in [9.17, 15) is 8.78 Å². The number of halogens is 2. The molecule has 0 nitrogen and oxygen atoms in total. The van der Waals surface area contributed by atoms with Gasteiger partial charge in [-0.2, -0.15) is 8.78 Å². The fourth-order valence-corrected chi connectivity index (χ4v) is 7.31. The van der Waals surface area contributed by atoms with Gasteiger partial charge in [-0.05, 0) is 10.6 Å². The van der Waals surface area contributed by atoms with Crippen molar-refractivity contribution in [1.29, 1.82) is 0 Å².